The number of carbonyl (C=O) groups is 3. The van der Waals surface area contributed by atoms with Crippen LogP contribution in [0.5, 0.6) is 0 Å². The van der Waals surface area contributed by atoms with Crippen molar-refractivity contribution in [3.05, 3.63) is 413 Å². The molecule has 15 nitrogen and oxygen atoms in total. The number of hydrogen-bond acceptors (Lipinski definition) is 15. The minimum atomic E-state index is -0.125. The van der Waals surface area contributed by atoms with Crippen LogP contribution in [0.15, 0.2) is 356 Å². The van der Waals surface area contributed by atoms with Gasteiger partial charge in [0.1, 0.15) is 16.5 Å². The molecule has 3 aliphatic rings. The molecular formula is C109H95Ir4N8O7S-3. The molecule has 0 saturated carbocycles. The minimum absolute atomic E-state index is 0. The van der Waals surface area contributed by atoms with Gasteiger partial charge in [0, 0.05) is 131 Å². The summed E-state index contributed by atoms with van der Waals surface area (Å²) in [6, 6.07) is 104. The molecule has 5 aromatic heterocycles. The van der Waals surface area contributed by atoms with Crippen LogP contribution in [-0.4, -0.2) is 71.7 Å². The van der Waals surface area contributed by atoms with Gasteiger partial charge in [0.25, 0.3) is 5.70 Å². The molecule has 4 radical (unpaired) electrons. The maximum Gasteiger partial charge on any atom is 0.269 e. The van der Waals surface area contributed by atoms with Gasteiger partial charge in [0.05, 0.1) is 56.9 Å². The number of para-hydroxylation sites is 3. The van der Waals surface area contributed by atoms with Crippen molar-refractivity contribution in [3.63, 3.8) is 0 Å². The van der Waals surface area contributed by atoms with Crippen LogP contribution in [0.2, 0.25) is 0 Å². The summed E-state index contributed by atoms with van der Waals surface area (Å²) in [5.41, 5.74) is 23.7. The van der Waals surface area contributed by atoms with Gasteiger partial charge in [-0.2, -0.15) is 0 Å². The molecule has 10 aromatic carbocycles. The maximum atomic E-state index is 10.0. The van der Waals surface area contributed by atoms with Crippen LogP contribution in [-0.2, 0) is 110 Å². The van der Waals surface area contributed by atoms with Gasteiger partial charge in [-0.3, -0.25) is 29.3 Å². The summed E-state index contributed by atoms with van der Waals surface area (Å²) in [4.78, 5) is 58.3. The molecule has 129 heavy (non-hydrogen) atoms. The molecule has 0 amide bonds. The predicted molar refractivity (Wildman–Crippen MR) is 509 cm³/mol. The zero-order valence-electron chi connectivity index (χ0n) is 73.4. The topological polar surface area (TPSA) is 217 Å². The van der Waals surface area contributed by atoms with Gasteiger partial charge in [-0.1, -0.05) is 220 Å². The average molecular weight is 2430 g/mol. The van der Waals surface area contributed by atoms with E-state index in [1.807, 2.05) is 165 Å². The van der Waals surface area contributed by atoms with E-state index in [0.29, 0.717) is 17.1 Å². The molecule has 2 aliphatic carbocycles. The number of nitriles is 1. The van der Waals surface area contributed by atoms with Crippen molar-refractivity contribution in [2.45, 2.75) is 87.0 Å². The molecule has 1 aliphatic heterocycles. The molecule has 0 saturated heterocycles. The number of nitrogens with zero attached hydrogens (tertiary/aromatic N) is 8. The van der Waals surface area contributed by atoms with Gasteiger partial charge < -0.3 is 29.9 Å². The van der Waals surface area contributed by atoms with Crippen molar-refractivity contribution in [2.75, 3.05) is 19.0 Å². The largest absolute Gasteiger partial charge is 0.512 e. The van der Waals surface area contributed by atoms with Crippen molar-refractivity contribution in [1.29, 1.82) is 5.26 Å². The number of aliphatic hydroxyl groups is 3. The van der Waals surface area contributed by atoms with Crippen LogP contribution in [0.25, 0.3) is 120 Å². The number of anilines is 1. The predicted octanol–water partition coefficient (Wildman–Crippen LogP) is 26.5. The Morgan fingerprint density at radius 1 is 0.481 bits per heavy atom. The molecule has 0 atom stereocenters. The Balaban J connectivity index is 0.000000209. The van der Waals surface area contributed by atoms with Crippen LogP contribution in [0.4, 0.5) is 5.69 Å². The van der Waals surface area contributed by atoms with Crippen LogP contribution in [0, 0.1) is 36.1 Å². The number of carbonyl (C=O) groups excluding carboxylic acids is 3. The van der Waals surface area contributed by atoms with E-state index in [1.54, 1.807) is 36.6 Å². The van der Waals surface area contributed by atoms with E-state index in [0.717, 1.165) is 72.3 Å². The average Bonchev–Trinajstić information content (AvgIpc) is 1.58. The molecule has 0 unspecified atom stereocenters. The van der Waals surface area contributed by atoms with E-state index in [1.165, 1.54) is 131 Å². The molecule has 0 spiro atoms. The van der Waals surface area contributed by atoms with Gasteiger partial charge in [-0.15, -0.1) is 106 Å². The number of hydrogen-bond donors (Lipinski definition) is 3. The second-order valence-electron chi connectivity index (χ2n) is 30.8. The first kappa shape index (κ1) is 103. The molecule has 18 rings (SSSR count). The monoisotopic (exact) mass is 2430 g/mol. The summed E-state index contributed by atoms with van der Waals surface area (Å²) in [6.45, 7) is 26.6. The zero-order valence-corrected chi connectivity index (χ0v) is 83.8. The second kappa shape index (κ2) is 49.0. The van der Waals surface area contributed by atoms with Crippen molar-refractivity contribution in [1.82, 2.24) is 24.9 Å². The van der Waals surface area contributed by atoms with E-state index >= 15 is 0 Å². The first-order chi connectivity index (χ1) is 60.1. The number of fused-ring (bicyclic) bond motifs is 10. The molecule has 658 valence electrons. The molecule has 20 heteroatoms. The Hall–Kier alpha value is -12.8. The third-order valence-electron chi connectivity index (χ3n) is 20.1. The standard InChI is InChI=1S/2C24H18N.C19H17N3O.C15H10N.C12H8N2S.3C5H8O2.4Ir/c1-24(2)20-9-5-4-8-18(20)19-13-11-17(15-21(19)24)23-14-12-16-7-3-6-10-22(16)25-23;1-24(2)21-10-6-5-9-19(21)20-12-11-17(15-22(20)24)23-18-8-4-3-7-16(18)13-14-25-23;1-14-11-16(19(13-20)21-2)12-18(23-14)10-7-15-5-8-17(9-6-15)22(3)4;1-2-6-12(7-3-1)15-11-10-13-8-4-5-9-14(13)16-15;1-2-7-11-9(5-1)14-12(15-11)10-6-3-4-8-13-10;3*1-4(6)3-5(2)7;;;;/h2*3-10,12-15H,1-2H3;5-12H,1,3-4H3;1-6,8-11H;1-8H;3*3,6H,1-2H3;;;;/q2*-1;;-1;;;;;;;;/b;;10-7+,19-16+;;;;;;;;;. The Labute approximate surface area is 813 Å². The number of aromatic nitrogens is 5. The number of ketones is 3. The summed E-state index contributed by atoms with van der Waals surface area (Å²) in [7, 11) is 4.00. The summed E-state index contributed by atoms with van der Waals surface area (Å²) in [5.74, 6) is 1.07. The van der Waals surface area contributed by atoms with Crippen LogP contribution >= 0.6 is 11.3 Å². The summed E-state index contributed by atoms with van der Waals surface area (Å²) in [5, 5.41) is 39.8. The van der Waals surface area contributed by atoms with Crippen LogP contribution in [0.1, 0.15) is 104 Å². The summed E-state index contributed by atoms with van der Waals surface area (Å²) < 4.78 is 6.83. The number of thiazole rings is 1. The second-order valence-corrected chi connectivity index (χ2v) is 31.8. The van der Waals surface area contributed by atoms with E-state index in [9.17, 15) is 14.4 Å². The van der Waals surface area contributed by atoms with Gasteiger partial charge >= 0.3 is 0 Å². The fourth-order valence-corrected chi connectivity index (χ4v) is 15.3. The van der Waals surface area contributed by atoms with Crippen LogP contribution in [0.3, 0.4) is 0 Å². The summed E-state index contributed by atoms with van der Waals surface area (Å²) >= 11 is 1.68. The fourth-order valence-electron chi connectivity index (χ4n) is 14.3. The Bertz CT molecular complexity index is 6640. The molecule has 6 heterocycles. The Kier molecular flexibility index (Phi) is 39.2. The third kappa shape index (κ3) is 27.9. The zero-order chi connectivity index (χ0) is 89.3. The number of aliphatic hydroxyl groups excluding tert-OH is 3. The summed E-state index contributed by atoms with van der Waals surface area (Å²) in [6.07, 6.45) is 14.3. The number of allylic oxidation sites excluding steroid dienone is 12. The maximum absolute atomic E-state index is 10.0. The number of pyridine rings is 4. The molecule has 3 N–H and O–H groups in total. The first-order valence-corrected chi connectivity index (χ1v) is 41.2. The molecule has 0 fully saturated rings. The van der Waals surface area contributed by atoms with Crippen molar-refractivity contribution < 1.29 is 115 Å². The molecular weight excluding hydrogens is 2330 g/mol. The number of ether oxygens (including phenoxy) is 1. The first-order valence-electron chi connectivity index (χ1n) is 40.4. The van der Waals surface area contributed by atoms with Crippen LogP contribution < -0.4 is 4.90 Å². The quantitative estimate of drug-likeness (QED) is 0.0502. The van der Waals surface area contributed by atoms with E-state index in [2.05, 4.69) is 216 Å². The fraction of sp³-hybridized carbons (Fsp3) is 0.138. The molecule has 15 aromatic rings. The van der Waals surface area contributed by atoms with Gasteiger partial charge in [-0.25, -0.2) is 15.1 Å². The van der Waals surface area contributed by atoms with Gasteiger partial charge in [0.2, 0.25) is 0 Å². The van der Waals surface area contributed by atoms with E-state index in [-0.39, 0.29) is 132 Å². The van der Waals surface area contributed by atoms with Crippen molar-refractivity contribution in [3.8, 4) is 72.8 Å². The minimum Gasteiger partial charge on any atom is -0.512 e. The van der Waals surface area contributed by atoms with E-state index < -0.39 is 0 Å². The number of benzene rings is 10. The van der Waals surface area contributed by atoms with E-state index in [4.69, 9.17) is 36.9 Å². The van der Waals surface area contributed by atoms with Gasteiger partial charge in [-0.05, 0) is 193 Å². The van der Waals surface area contributed by atoms with Gasteiger partial charge in [0.15, 0.2) is 17.3 Å². The van der Waals surface area contributed by atoms with Crippen molar-refractivity contribution in [2.24, 2.45) is 0 Å². The Morgan fingerprint density at radius 2 is 0.969 bits per heavy atom. The number of rotatable bonds is 10. The Morgan fingerprint density at radius 3 is 1.47 bits per heavy atom. The normalized spacial score (nSPS) is 12.8. The van der Waals surface area contributed by atoms with Crippen molar-refractivity contribution >= 4 is 83.2 Å². The SMILES string of the molecule is CC(=O)C=C(C)O.CC(=O)C=C(C)O.CC(=O)C=C(C)O.CC1(C)c2ccccc2-c2c[c-]c(-c3ccc4ccccc4n3)cc21.CC1(C)c2ccccc2-c2c[c-]c(-c3nccc4ccccc34)cc21.[C-]#[N+]/C(C#N)=C1\C=C(C)OC(/C=C/c2ccc(N(C)C)cc2)=C1.[Ir].[Ir].[Ir].[Ir].[c-]1ccccc1-c1ccc2ccccc2n1.c1ccc(-c2nc3ccccc3s2)nc1. The third-order valence-corrected chi connectivity index (χ3v) is 21.2. The molecule has 0 bridgehead atoms. The smallest absolute Gasteiger partial charge is 0.269 e.